The molecule has 138 valence electrons. The molecule has 3 heterocycles. The van der Waals surface area contributed by atoms with E-state index in [4.69, 9.17) is 9.84 Å². The number of aryl methyl sites for hydroxylation is 1. The van der Waals surface area contributed by atoms with Crippen molar-refractivity contribution in [2.24, 2.45) is 4.99 Å². The molecule has 0 spiro atoms. The van der Waals surface area contributed by atoms with Crippen LogP contribution in [0.3, 0.4) is 0 Å². The Morgan fingerprint density at radius 2 is 2.00 bits per heavy atom. The van der Waals surface area contributed by atoms with Gasteiger partial charge in [0.1, 0.15) is 0 Å². The number of thioether (sulfide) groups is 1. The average molecular weight is 496 g/mol. The van der Waals surface area contributed by atoms with Crippen molar-refractivity contribution < 1.29 is 9.84 Å². The van der Waals surface area contributed by atoms with Crippen LogP contribution >= 0.6 is 11.8 Å². The van der Waals surface area contributed by atoms with Crippen LogP contribution in [0.4, 0.5) is 5.82 Å². The van der Waals surface area contributed by atoms with Gasteiger partial charge in [-0.25, -0.2) is 0 Å². The Morgan fingerprint density at radius 1 is 1.14 bits per heavy atom. The van der Waals surface area contributed by atoms with Crippen LogP contribution in [0.1, 0.15) is 17.1 Å². The van der Waals surface area contributed by atoms with Gasteiger partial charge in [0.2, 0.25) is 0 Å². The summed E-state index contributed by atoms with van der Waals surface area (Å²) in [6.45, 7) is 1.80. The van der Waals surface area contributed by atoms with Crippen molar-refractivity contribution in [1.82, 2.24) is 19.9 Å². The Bertz CT molecular complexity index is 1040. The summed E-state index contributed by atoms with van der Waals surface area (Å²) in [5.41, 5.74) is 2.22. The van der Waals surface area contributed by atoms with Gasteiger partial charge < -0.3 is 0 Å². The Hall–Kier alpha value is -2.30. The molecule has 3 aromatic rings. The zero-order chi connectivity index (χ0) is 19.3. The molecule has 0 saturated carbocycles. The number of ether oxygens (including phenoxy) is 1. The van der Waals surface area contributed by atoms with Crippen LogP contribution < -0.4 is 4.74 Å². The maximum absolute atomic E-state index is 9.05. The van der Waals surface area contributed by atoms with E-state index >= 15 is 0 Å². The number of nitrogens with zero attached hydrogens (tertiary/aromatic N) is 5. The number of aliphatic imine (C=N–C) groups is 1. The van der Waals surface area contributed by atoms with Crippen molar-refractivity contribution in [2.75, 3.05) is 0 Å². The molecule has 1 aromatic carbocycles. The second-order valence-electron chi connectivity index (χ2n) is 5.79. The third-order valence-corrected chi connectivity index (χ3v) is 8.99. The Kier molecular flexibility index (Phi) is 5.98. The molecule has 2 radical (unpaired) electrons. The average Bonchev–Trinajstić information content (AvgIpc) is 3.17. The van der Waals surface area contributed by atoms with Gasteiger partial charge in [-0.3, -0.25) is 0 Å². The zero-order valence-electron chi connectivity index (χ0n) is 14.9. The number of benzene rings is 1. The molecule has 7 nitrogen and oxygen atoms in total. The van der Waals surface area contributed by atoms with E-state index in [1.165, 1.54) is 0 Å². The van der Waals surface area contributed by atoms with Crippen molar-refractivity contribution in [3.63, 3.8) is 0 Å². The molecule has 0 fully saturated rings. The number of hydrogen-bond acceptors (Lipinski definition) is 8. The molecule has 0 atom stereocenters. The van der Waals surface area contributed by atoms with Crippen LogP contribution in [-0.4, -0.2) is 49.2 Å². The molecular weight excluding hydrogens is 481 g/mol. The number of aliphatic hydroxyl groups excluding tert-OH is 1. The Morgan fingerprint density at radius 3 is 2.75 bits per heavy atom. The van der Waals surface area contributed by atoms with E-state index in [0.29, 0.717) is 23.3 Å². The predicted molar refractivity (Wildman–Crippen MR) is 110 cm³/mol. The first-order chi connectivity index (χ1) is 13.7. The van der Waals surface area contributed by atoms with E-state index in [0.717, 1.165) is 19.4 Å². The molecule has 0 aliphatic carbocycles. The van der Waals surface area contributed by atoms with Gasteiger partial charge in [0, 0.05) is 0 Å². The fraction of sp³-hybridized carbons (Fsp3) is 0.105. The van der Waals surface area contributed by atoms with E-state index in [9.17, 15) is 0 Å². The monoisotopic (exact) mass is 497 g/mol. The van der Waals surface area contributed by atoms with Gasteiger partial charge in [0.15, 0.2) is 0 Å². The minimum atomic E-state index is -0.941. The van der Waals surface area contributed by atoms with Crippen LogP contribution in [0, 0.1) is 6.92 Å². The van der Waals surface area contributed by atoms with Crippen LogP contribution in [0.25, 0.3) is 4.91 Å². The first kappa shape index (κ1) is 19.0. The van der Waals surface area contributed by atoms with E-state index in [-0.39, 0.29) is 6.61 Å². The molecular formula is C19H15N5O2SSn. The van der Waals surface area contributed by atoms with Crippen molar-refractivity contribution in [1.29, 1.82) is 0 Å². The summed E-state index contributed by atoms with van der Waals surface area (Å²) >= 11 is 0.675. The van der Waals surface area contributed by atoms with Crippen LogP contribution in [0.2, 0.25) is 0 Å². The van der Waals surface area contributed by atoms with E-state index < -0.39 is 21.1 Å². The first-order valence-electron chi connectivity index (χ1n) is 8.43. The standard InChI is InChI=1S/C19H15N5O2S.Sn/c1-13-8-17(24-19(23-13)26-16-6-4-3-5-7-16)14(2)27-12-22-18-10-20-15(11-25)9-21-18;/h2-10,25H,11H2,1H3;. The molecule has 0 unspecified atom stereocenters. The Balaban J connectivity index is 1.51. The SMILES string of the molecule is Cc1cc(C2=[CH][Sn][C](=Nc3cnc(CO)cn3)S2)nc(Oc2ccccc2)n1. The Labute approximate surface area is 176 Å². The summed E-state index contributed by atoms with van der Waals surface area (Å²) in [5, 5.41) is 9.05. The van der Waals surface area contributed by atoms with Gasteiger partial charge in [-0.1, -0.05) is 0 Å². The second kappa shape index (κ2) is 8.80. The number of aliphatic hydroxyl groups is 1. The van der Waals surface area contributed by atoms with Crippen LogP contribution in [0.15, 0.2) is 57.9 Å². The topological polar surface area (TPSA) is 93.4 Å². The van der Waals surface area contributed by atoms with Gasteiger partial charge in [-0.2, -0.15) is 0 Å². The molecule has 0 saturated heterocycles. The molecule has 1 aliphatic heterocycles. The zero-order valence-corrected chi connectivity index (χ0v) is 18.6. The number of aromatic nitrogens is 4. The van der Waals surface area contributed by atoms with Gasteiger partial charge in [0.05, 0.1) is 0 Å². The molecule has 2 aromatic heterocycles. The minimum absolute atomic E-state index is 0.124. The van der Waals surface area contributed by atoms with Crippen LogP contribution in [-0.2, 0) is 6.61 Å². The molecule has 0 amide bonds. The second-order valence-corrected chi connectivity index (χ2v) is 10.9. The third-order valence-electron chi connectivity index (χ3n) is 3.64. The number of rotatable bonds is 5. The van der Waals surface area contributed by atoms with Gasteiger partial charge in [-0.05, 0) is 0 Å². The van der Waals surface area contributed by atoms with Gasteiger partial charge >= 0.3 is 177 Å². The van der Waals surface area contributed by atoms with Crippen molar-refractivity contribution >= 4 is 46.7 Å². The molecule has 1 N–H and O–H groups in total. The quantitative estimate of drug-likeness (QED) is 0.542. The van der Waals surface area contributed by atoms with E-state index in [1.54, 1.807) is 24.2 Å². The summed E-state index contributed by atoms with van der Waals surface area (Å²) < 4.78 is 9.11. The molecule has 4 rings (SSSR count). The maximum atomic E-state index is 9.05. The van der Waals surface area contributed by atoms with Gasteiger partial charge in [0.25, 0.3) is 0 Å². The summed E-state index contributed by atoms with van der Waals surface area (Å²) in [4.78, 5) is 23.0. The number of para-hydroxylation sites is 1. The normalized spacial score (nSPS) is 14.9. The van der Waals surface area contributed by atoms with E-state index in [2.05, 4.69) is 29.0 Å². The molecule has 0 bridgehead atoms. The molecule has 9 heteroatoms. The summed E-state index contributed by atoms with van der Waals surface area (Å²) in [6, 6.07) is 11.8. The molecule has 1 aliphatic rings. The fourth-order valence-electron chi connectivity index (χ4n) is 2.37. The predicted octanol–water partition coefficient (Wildman–Crippen LogP) is 3.30. The first-order valence-corrected chi connectivity index (χ1v) is 12.3. The molecule has 28 heavy (non-hydrogen) atoms. The van der Waals surface area contributed by atoms with Gasteiger partial charge in [-0.15, -0.1) is 0 Å². The van der Waals surface area contributed by atoms with Crippen LogP contribution in [0.5, 0.6) is 11.8 Å². The summed E-state index contributed by atoms with van der Waals surface area (Å²) in [5.74, 6) is 1.26. The van der Waals surface area contributed by atoms with E-state index in [1.807, 2.05) is 43.3 Å². The number of hydrogen-bond donors (Lipinski definition) is 1. The fourth-order valence-corrected chi connectivity index (χ4v) is 7.45. The summed E-state index contributed by atoms with van der Waals surface area (Å²) in [6.07, 6.45) is 3.12. The van der Waals surface area contributed by atoms with Crippen molar-refractivity contribution in [3.05, 3.63) is 70.0 Å². The summed E-state index contributed by atoms with van der Waals surface area (Å²) in [7, 11) is 0. The third kappa shape index (κ3) is 4.75. The van der Waals surface area contributed by atoms with Crippen molar-refractivity contribution in [3.8, 4) is 11.8 Å². The van der Waals surface area contributed by atoms with Crippen molar-refractivity contribution in [2.45, 2.75) is 13.5 Å².